The number of carbonyl (C=O) groups excluding carboxylic acids is 1. The zero-order valence-electron chi connectivity index (χ0n) is 13.1. The summed E-state index contributed by atoms with van der Waals surface area (Å²) in [5.41, 5.74) is 6.64. The number of nitrogens with zero attached hydrogens (tertiary/aromatic N) is 2. The molecule has 1 aromatic carbocycles. The first kappa shape index (κ1) is 15.4. The molecule has 120 valence electrons. The van der Waals surface area contributed by atoms with E-state index >= 15 is 0 Å². The van der Waals surface area contributed by atoms with E-state index in [9.17, 15) is 9.18 Å². The molecule has 2 N–H and O–H groups in total. The Bertz CT molecular complexity index is 565. The van der Waals surface area contributed by atoms with Crippen molar-refractivity contribution < 1.29 is 9.18 Å². The highest BCUT2D eigenvalue weighted by molar-refractivity contribution is 5.97. The number of hydrogen-bond acceptors (Lipinski definition) is 3. The van der Waals surface area contributed by atoms with E-state index in [0.29, 0.717) is 18.8 Å². The molecule has 0 bridgehead atoms. The van der Waals surface area contributed by atoms with E-state index in [2.05, 4.69) is 11.8 Å². The molecule has 3 rings (SSSR count). The van der Waals surface area contributed by atoms with Gasteiger partial charge in [0.2, 0.25) is 5.91 Å². The van der Waals surface area contributed by atoms with E-state index in [1.807, 2.05) is 0 Å². The van der Waals surface area contributed by atoms with Gasteiger partial charge >= 0.3 is 0 Å². The lowest BCUT2D eigenvalue weighted by atomic mass is 9.90. The van der Waals surface area contributed by atoms with Crippen molar-refractivity contribution in [1.29, 1.82) is 0 Å². The lowest BCUT2D eigenvalue weighted by molar-refractivity contribution is -0.125. The number of nitrogens with two attached hydrogens (primary N) is 1. The SMILES string of the molecule is CC1(CN)CCN(C2CCCN(c3cccc(F)c3)C2=O)C1. The van der Waals surface area contributed by atoms with Crippen molar-refractivity contribution in [1.82, 2.24) is 4.90 Å². The number of amides is 1. The van der Waals surface area contributed by atoms with Crippen LogP contribution >= 0.6 is 0 Å². The van der Waals surface area contributed by atoms with Gasteiger partial charge in [0.15, 0.2) is 0 Å². The number of carbonyl (C=O) groups is 1. The summed E-state index contributed by atoms with van der Waals surface area (Å²) in [6, 6.07) is 6.21. The van der Waals surface area contributed by atoms with Gasteiger partial charge in [-0.1, -0.05) is 13.0 Å². The first-order valence-electron chi connectivity index (χ1n) is 8.03. The van der Waals surface area contributed by atoms with E-state index in [1.54, 1.807) is 17.0 Å². The molecule has 0 spiro atoms. The third kappa shape index (κ3) is 2.88. The minimum atomic E-state index is -0.302. The molecule has 22 heavy (non-hydrogen) atoms. The highest BCUT2D eigenvalue weighted by Gasteiger charge is 2.41. The first-order chi connectivity index (χ1) is 10.5. The molecule has 2 fully saturated rings. The molecule has 0 aliphatic carbocycles. The standard InChI is InChI=1S/C17H24FN3O/c1-17(11-19)7-9-20(12-17)15-6-3-8-21(16(15)22)14-5-2-4-13(18)10-14/h2,4-5,10,15H,3,6-9,11-12,19H2,1H3. The molecule has 2 saturated heterocycles. The molecule has 1 aromatic rings. The number of anilines is 1. The van der Waals surface area contributed by atoms with Crippen LogP contribution in [0.3, 0.4) is 0 Å². The predicted molar refractivity (Wildman–Crippen MR) is 85.1 cm³/mol. The molecule has 0 saturated carbocycles. The number of rotatable bonds is 3. The predicted octanol–water partition coefficient (Wildman–Crippen LogP) is 1.99. The monoisotopic (exact) mass is 305 g/mol. The van der Waals surface area contributed by atoms with Crippen LogP contribution in [0.4, 0.5) is 10.1 Å². The lowest BCUT2D eigenvalue weighted by Gasteiger charge is -2.37. The van der Waals surface area contributed by atoms with E-state index in [0.717, 1.165) is 32.4 Å². The van der Waals surface area contributed by atoms with E-state index in [-0.39, 0.29) is 23.2 Å². The van der Waals surface area contributed by atoms with Crippen molar-refractivity contribution in [2.75, 3.05) is 31.1 Å². The van der Waals surface area contributed by atoms with Crippen LogP contribution in [-0.4, -0.2) is 43.0 Å². The second-order valence-corrected chi connectivity index (χ2v) is 6.86. The topological polar surface area (TPSA) is 49.6 Å². The third-order valence-corrected chi connectivity index (χ3v) is 5.05. The van der Waals surface area contributed by atoms with Gasteiger partial charge in [0.1, 0.15) is 5.82 Å². The number of hydrogen-bond donors (Lipinski definition) is 1. The lowest BCUT2D eigenvalue weighted by Crippen LogP contribution is -2.52. The maximum atomic E-state index is 13.4. The summed E-state index contributed by atoms with van der Waals surface area (Å²) in [6.07, 6.45) is 2.86. The molecular formula is C17H24FN3O. The second kappa shape index (κ2) is 5.97. The fourth-order valence-electron chi connectivity index (χ4n) is 3.59. The molecule has 0 aromatic heterocycles. The van der Waals surface area contributed by atoms with E-state index in [1.165, 1.54) is 12.1 Å². The van der Waals surface area contributed by atoms with Gasteiger partial charge < -0.3 is 10.6 Å². The second-order valence-electron chi connectivity index (χ2n) is 6.86. The Hall–Kier alpha value is -1.46. The number of piperidine rings is 1. The summed E-state index contributed by atoms with van der Waals surface area (Å²) in [4.78, 5) is 16.9. The maximum absolute atomic E-state index is 13.4. The van der Waals surface area contributed by atoms with Crippen LogP contribution in [0.1, 0.15) is 26.2 Å². The molecule has 2 atom stereocenters. The smallest absolute Gasteiger partial charge is 0.244 e. The van der Waals surface area contributed by atoms with Crippen molar-refractivity contribution in [3.05, 3.63) is 30.1 Å². The fraction of sp³-hybridized carbons (Fsp3) is 0.588. The van der Waals surface area contributed by atoms with Crippen LogP contribution in [0.15, 0.2) is 24.3 Å². The Morgan fingerprint density at radius 2 is 2.23 bits per heavy atom. The van der Waals surface area contributed by atoms with Crippen LogP contribution in [0.25, 0.3) is 0 Å². The number of benzene rings is 1. The van der Waals surface area contributed by atoms with Crippen LogP contribution in [-0.2, 0) is 4.79 Å². The molecule has 5 heteroatoms. The molecule has 2 unspecified atom stereocenters. The number of likely N-dealkylation sites (tertiary alicyclic amines) is 1. The average molecular weight is 305 g/mol. The van der Waals surface area contributed by atoms with Crippen LogP contribution < -0.4 is 10.6 Å². The maximum Gasteiger partial charge on any atom is 0.244 e. The largest absolute Gasteiger partial charge is 0.330 e. The van der Waals surface area contributed by atoms with Crippen LogP contribution in [0, 0.1) is 11.2 Å². The zero-order valence-corrected chi connectivity index (χ0v) is 13.1. The molecular weight excluding hydrogens is 281 g/mol. The number of halogens is 1. The quantitative estimate of drug-likeness (QED) is 0.929. The van der Waals surface area contributed by atoms with Gasteiger partial charge in [-0.15, -0.1) is 0 Å². The van der Waals surface area contributed by atoms with Gasteiger partial charge in [-0.25, -0.2) is 4.39 Å². The van der Waals surface area contributed by atoms with E-state index < -0.39 is 0 Å². The Morgan fingerprint density at radius 1 is 1.41 bits per heavy atom. The normalized spacial score (nSPS) is 30.0. The van der Waals surface area contributed by atoms with Gasteiger partial charge in [-0.2, -0.15) is 0 Å². The molecule has 2 aliphatic heterocycles. The fourth-order valence-corrected chi connectivity index (χ4v) is 3.59. The van der Waals surface area contributed by atoms with Gasteiger partial charge in [0, 0.05) is 18.8 Å². The molecule has 0 radical (unpaired) electrons. The average Bonchev–Trinajstić information content (AvgIpc) is 2.90. The van der Waals surface area contributed by atoms with Crippen molar-refractivity contribution in [2.45, 2.75) is 32.2 Å². The highest BCUT2D eigenvalue weighted by atomic mass is 19.1. The van der Waals surface area contributed by atoms with Crippen LogP contribution in [0.5, 0.6) is 0 Å². The van der Waals surface area contributed by atoms with E-state index in [4.69, 9.17) is 5.73 Å². The highest BCUT2D eigenvalue weighted by Crippen LogP contribution is 2.33. The van der Waals surface area contributed by atoms with Gasteiger partial charge in [-0.3, -0.25) is 9.69 Å². The minimum Gasteiger partial charge on any atom is -0.330 e. The molecule has 1 amide bonds. The minimum absolute atomic E-state index is 0.0922. The van der Waals surface area contributed by atoms with Gasteiger partial charge in [0.05, 0.1) is 6.04 Å². The summed E-state index contributed by atoms with van der Waals surface area (Å²) in [6.45, 7) is 5.29. The molecule has 4 nitrogen and oxygen atoms in total. The summed E-state index contributed by atoms with van der Waals surface area (Å²) in [5, 5.41) is 0. The first-order valence-corrected chi connectivity index (χ1v) is 8.03. The van der Waals surface area contributed by atoms with Crippen LogP contribution in [0.2, 0.25) is 0 Å². The third-order valence-electron chi connectivity index (χ3n) is 5.05. The Kier molecular flexibility index (Phi) is 4.19. The summed E-state index contributed by atoms with van der Waals surface area (Å²) >= 11 is 0. The Balaban J connectivity index is 1.76. The summed E-state index contributed by atoms with van der Waals surface area (Å²) in [7, 11) is 0. The van der Waals surface area contributed by atoms with Gasteiger partial charge in [-0.05, 0) is 56.0 Å². The summed E-state index contributed by atoms with van der Waals surface area (Å²) < 4.78 is 13.4. The van der Waals surface area contributed by atoms with Crippen molar-refractivity contribution >= 4 is 11.6 Å². The Labute approximate surface area is 131 Å². The molecule has 2 aliphatic rings. The van der Waals surface area contributed by atoms with Crippen molar-refractivity contribution in [3.8, 4) is 0 Å². The van der Waals surface area contributed by atoms with Gasteiger partial charge in [0.25, 0.3) is 0 Å². The van der Waals surface area contributed by atoms with Crippen molar-refractivity contribution in [3.63, 3.8) is 0 Å². The van der Waals surface area contributed by atoms with Crippen molar-refractivity contribution in [2.24, 2.45) is 11.1 Å². The Morgan fingerprint density at radius 3 is 2.91 bits per heavy atom. The molecule has 2 heterocycles. The zero-order chi connectivity index (χ0) is 15.7. The summed E-state index contributed by atoms with van der Waals surface area (Å²) in [5.74, 6) is -0.206.